The molecule has 1 heterocycles. The summed E-state index contributed by atoms with van der Waals surface area (Å²) in [7, 11) is 1.47. The van der Waals surface area contributed by atoms with Crippen molar-refractivity contribution in [1.82, 2.24) is 0 Å². The van der Waals surface area contributed by atoms with Gasteiger partial charge in [0.05, 0.1) is 11.3 Å². The quantitative estimate of drug-likeness (QED) is 0.543. The molecule has 0 unspecified atom stereocenters. The van der Waals surface area contributed by atoms with Gasteiger partial charge in [-0.15, -0.1) is 0 Å². The zero-order chi connectivity index (χ0) is 20.9. The fourth-order valence-corrected chi connectivity index (χ4v) is 3.36. The van der Waals surface area contributed by atoms with Crippen molar-refractivity contribution >= 4 is 40.1 Å². The molecule has 0 bridgehead atoms. The van der Waals surface area contributed by atoms with Crippen molar-refractivity contribution in [1.29, 1.82) is 0 Å². The Kier molecular flexibility index (Phi) is 5.59. The number of carbonyl (C=O) groups excluding carboxylic acids is 2. The lowest BCUT2D eigenvalue weighted by atomic mass is 10.00. The number of hydrogen-bond acceptors (Lipinski definition) is 4. The molecule has 0 atom stereocenters. The van der Waals surface area contributed by atoms with Crippen LogP contribution in [0.25, 0.3) is 11.3 Å². The summed E-state index contributed by atoms with van der Waals surface area (Å²) in [4.78, 5) is 24.5. The Morgan fingerprint density at radius 3 is 2.20 bits per heavy atom. The SMILES string of the molecule is COCC(=O)Nc1ccc(NC(=C2C(=O)Nc3ccccc32)c2ccccc2)cc1. The van der Waals surface area contributed by atoms with Gasteiger partial charge in [0.25, 0.3) is 5.91 Å². The van der Waals surface area contributed by atoms with Crippen LogP contribution in [-0.4, -0.2) is 25.5 Å². The van der Waals surface area contributed by atoms with Gasteiger partial charge >= 0.3 is 0 Å². The summed E-state index contributed by atoms with van der Waals surface area (Å²) in [5.74, 6) is -0.365. The van der Waals surface area contributed by atoms with E-state index in [-0.39, 0.29) is 18.4 Å². The minimum Gasteiger partial charge on any atom is -0.375 e. The first-order valence-corrected chi connectivity index (χ1v) is 9.52. The van der Waals surface area contributed by atoms with Crippen molar-refractivity contribution in [3.05, 3.63) is 90.0 Å². The molecule has 30 heavy (non-hydrogen) atoms. The molecule has 0 spiro atoms. The van der Waals surface area contributed by atoms with Crippen molar-refractivity contribution in [2.75, 3.05) is 29.7 Å². The third-order valence-corrected chi connectivity index (χ3v) is 4.70. The lowest BCUT2D eigenvalue weighted by Gasteiger charge is -2.15. The van der Waals surface area contributed by atoms with Crippen LogP contribution in [0.5, 0.6) is 0 Å². The van der Waals surface area contributed by atoms with Crippen LogP contribution in [0.1, 0.15) is 11.1 Å². The molecule has 0 fully saturated rings. The summed E-state index contributed by atoms with van der Waals surface area (Å²) in [5, 5.41) is 9.09. The first-order chi connectivity index (χ1) is 14.7. The lowest BCUT2D eigenvalue weighted by molar-refractivity contribution is -0.119. The minimum atomic E-state index is -0.218. The fraction of sp³-hybridized carbons (Fsp3) is 0.0833. The maximum absolute atomic E-state index is 12.8. The number of ether oxygens (including phenoxy) is 1. The maximum atomic E-state index is 12.8. The van der Waals surface area contributed by atoms with Crippen LogP contribution >= 0.6 is 0 Å². The van der Waals surface area contributed by atoms with Crippen molar-refractivity contribution in [3.8, 4) is 0 Å². The molecule has 2 amide bonds. The summed E-state index contributed by atoms with van der Waals surface area (Å²) in [5.41, 5.74) is 5.32. The molecule has 0 saturated carbocycles. The van der Waals surface area contributed by atoms with E-state index in [2.05, 4.69) is 16.0 Å². The van der Waals surface area contributed by atoms with E-state index in [0.29, 0.717) is 17.0 Å². The molecule has 0 aliphatic carbocycles. The highest BCUT2D eigenvalue weighted by Crippen LogP contribution is 2.37. The van der Waals surface area contributed by atoms with E-state index in [4.69, 9.17) is 4.74 Å². The highest BCUT2D eigenvalue weighted by molar-refractivity contribution is 6.37. The highest BCUT2D eigenvalue weighted by atomic mass is 16.5. The summed E-state index contributed by atoms with van der Waals surface area (Å²) >= 11 is 0. The van der Waals surface area contributed by atoms with Gasteiger partial charge in [-0.1, -0.05) is 48.5 Å². The summed E-state index contributed by atoms with van der Waals surface area (Å²) in [6.07, 6.45) is 0. The molecule has 150 valence electrons. The average Bonchev–Trinajstić information content (AvgIpc) is 3.09. The summed E-state index contributed by atoms with van der Waals surface area (Å²) in [6.45, 7) is -0.00122. The molecule has 3 aromatic carbocycles. The molecule has 6 nitrogen and oxygen atoms in total. The van der Waals surface area contributed by atoms with Crippen molar-refractivity contribution in [3.63, 3.8) is 0 Å². The van der Waals surface area contributed by atoms with Gasteiger partial charge in [0.1, 0.15) is 6.61 Å². The maximum Gasteiger partial charge on any atom is 0.258 e. The zero-order valence-electron chi connectivity index (χ0n) is 16.4. The first-order valence-electron chi connectivity index (χ1n) is 9.52. The van der Waals surface area contributed by atoms with Crippen LogP contribution in [0.15, 0.2) is 78.9 Å². The smallest absolute Gasteiger partial charge is 0.258 e. The molecule has 0 radical (unpaired) electrons. The second kappa shape index (κ2) is 8.63. The number of nitrogens with one attached hydrogen (secondary N) is 3. The van der Waals surface area contributed by atoms with Crippen LogP contribution in [0.3, 0.4) is 0 Å². The Bertz CT molecular complexity index is 1110. The van der Waals surface area contributed by atoms with E-state index in [9.17, 15) is 9.59 Å². The van der Waals surface area contributed by atoms with Crippen molar-refractivity contribution < 1.29 is 14.3 Å². The molecule has 0 aromatic heterocycles. The molecule has 3 N–H and O–H groups in total. The predicted octanol–water partition coefficient (Wildman–Crippen LogP) is 4.20. The van der Waals surface area contributed by atoms with Crippen LogP contribution in [0.4, 0.5) is 17.1 Å². The van der Waals surface area contributed by atoms with Gasteiger partial charge in [0, 0.05) is 29.7 Å². The lowest BCUT2D eigenvalue weighted by Crippen LogP contribution is -2.17. The summed E-state index contributed by atoms with van der Waals surface area (Å²) < 4.78 is 4.83. The number of anilines is 3. The molecule has 1 aliphatic rings. The number of rotatable bonds is 6. The Balaban J connectivity index is 1.69. The summed E-state index contributed by atoms with van der Waals surface area (Å²) in [6, 6.07) is 24.7. The van der Waals surface area contributed by atoms with E-state index in [1.54, 1.807) is 12.1 Å². The highest BCUT2D eigenvalue weighted by Gasteiger charge is 2.27. The van der Waals surface area contributed by atoms with Crippen LogP contribution < -0.4 is 16.0 Å². The van der Waals surface area contributed by atoms with Crippen molar-refractivity contribution in [2.24, 2.45) is 0 Å². The predicted molar refractivity (Wildman–Crippen MR) is 119 cm³/mol. The number of carbonyl (C=O) groups is 2. The minimum absolute atomic E-state index is 0.00122. The number of benzene rings is 3. The Hall–Kier alpha value is -3.90. The van der Waals surface area contributed by atoms with Gasteiger partial charge < -0.3 is 20.7 Å². The molecule has 0 saturated heterocycles. The van der Waals surface area contributed by atoms with Crippen LogP contribution in [-0.2, 0) is 14.3 Å². The normalized spacial score (nSPS) is 14.0. The van der Waals surface area contributed by atoms with Crippen LogP contribution in [0, 0.1) is 0 Å². The third kappa shape index (κ3) is 4.09. The molecular weight excluding hydrogens is 378 g/mol. The first kappa shape index (κ1) is 19.4. The van der Waals surface area contributed by atoms with Gasteiger partial charge in [0.2, 0.25) is 5.91 Å². The largest absolute Gasteiger partial charge is 0.375 e. The molecule has 4 rings (SSSR count). The van der Waals surface area contributed by atoms with Gasteiger partial charge in [0.15, 0.2) is 0 Å². The topological polar surface area (TPSA) is 79.5 Å². The van der Waals surface area contributed by atoms with Gasteiger partial charge in [-0.05, 0) is 35.9 Å². The van der Waals surface area contributed by atoms with Crippen molar-refractivity contribution in [2.45, 2.75) is 0 Å². The van der Waals surface area contributed by atoms with E-state index in [0.717, 1.165) is 22.5 Å². The van der Waals surface area contributed by atoms with E-state index in [1.807, 2.05) is 66.7 Å². The monoisotopic (exact) mass is 399 g/mol. The fourth-order valence-electron chi connectivity index (χ4n) is 3.36. The van der Waals surface area contributed by atoms with E-state index >= 15 is 0 Å². The second-order valence-corrected chi connectivity index (χ2v) is 6.80. The number of methoxy groups -OCH3 is 1. The molecule has 3 aromatic rings. The molecule has 1 aliphatic heterocycles. The van der Waals surface area contributed by atoms with Crippen LogP contribution in [0.2, 0.25) is 0 Å². The number of fused-ring (bicyclic) bond motifs is 1. The Morgan fingerprint density at radius 2 is 1.50 bits per heavy atom. The van der Waals surface area contributed by atoms with Gasteiger partial charge in [-0.25, -0.2) is 0 Å². The Labute approximate surface area is 174 Å². The third-order valence-electron chi connectivity index (χ3n) is 4.70. The standard InChI is InChI=1S/C24H21N3O3/c1-30-15-21(28)25-17-11-13-18(14-12-17)26-23(16-7-3-2-4-8-16)22-19-9-5-6-10-20(19)27-24(22)29/h2-14,26H,15H2,1H3,(H,25,28)(H,27,29). The number of para-hydroxylation sites is 1. The average molecular weight is 399 g/mol. The second-order valence-electron chi connectivity index (χ2n) is 6.80. The Morgan fingerprint density at radius 1 is 0.867 bits per heavy atom. The van der Waals surface area contributed by atoms with E-state index < -0.39 is 0 Å². The number of hydrogen-bond donors (Lipinski definition) is 3. The van der Waals surface area contributed by atoms with E-state index in [1.165, 1.54) is 7.11 Å². The van der Waals surface area contributed by atoms with Gasteiger partial charge in [-0.3, -0.25) is 9.59 Å². The number of amides is 2. The molecular formula is C24H21N3O3. The molecule has 6 heteroatoms. The van der Waals surface area contributed by atoms with Gasteiger partial charge in [-0.2, -0.15) is 0 Å². The zero-order valence-corrected chi connectivity index (χ0v) is 16.4.